The van der Waals surface area contributed by atoms with E-state index in [9.17, 15) is 9.59 Å². The number of halogens is 3. The Morgan fingerprint density at radius 2 is 1.42 bits per heavy atom. The molecule has 0 fully saturated rings. The van der Waals surface area contributed by atoms with Crippen LogP contribution in [0.15, 0.2) is 12.1 Å². The van der Waals surface area contributed by atoms with Crippen LogP contribution >= 0.6 is 34.8 Å². The van der Waals surface area contributed by atoms with Crippen LogP contribution in [0, 0.1) is 0 Å². The summed E-state index contributed by atoms with van der Waals surface area (Å²) in [7, 11) is 0. The van der Waals surface area contributed by atoms with Gasteiger partial charge in [-0.25, -0.2) is 0 Å². The Bertz CT molecular complexity index is 567. The van der Waals surface area contributed by atoms with Gasteiger partial charge < -0.3 is 9.47 Å². The summed E-state index contributed by atoms with van der Waals surface area (Å²) in [5, 5.41) is 1.11. The fourth-order valence-corrected chi connectivity index (χ4v) is 3.20. The van der Waals surface area contributed by atoms with E-state index in [4.69, 9.17) is 44.3 Å². The first-order valence-corrected chi connectivity index (χ1v) is 10.0. The lowest BCUT2D eigenvalue weighted by Crippen LogP contribution is -2.09. The predicted octanol–water partition coefficient (Wildman–Crippen LogP) is 6.37. The van der Waals surface area contributed by atoms with Gasteiger partial charge in [0.05, 0.1) is 16.7 Å². The van der Waals surface area contributed by atoms with Crippen molar-refractivity contribution >= 4 is 46.7 Å². The van der Waals surface area contributed by atoms with E-state index in [1.807, 2.05) is 0 Å². The van der Waals surface area contributed by atoms with E-state index < -0.39 is 5.97 Å². The highest BCUT2D eigenvalue weighted by Gasteiger charge is 2.12. The topological polar surface area (TPSA) is 52.6 Å². The molecule has 1 aromatic carbocycles. The van der Waals surface area contributed by atoms with Gasteiger partial charge in [0.25, 0.3) is 0 Å². The van der Waals surface area contributed by atoms with Gasteiger partial charge >= 0.3 is 11.9 Å². The first-order chi connectivity index (χ1) is 12.4. The lowest BCUT2D eigenvalue weighted by atomic mass is 10.2. The van der Waals surface area contributed by atoms with E-state index in [1.54, 1.807) is 0 Å². The zero-order valence-corrected chi connectivity index (χ0v) is 17.3. The third kappa shape index (κ3) is 9.65. The smallest absolute Gasteiger partial charge is 0.306 e. The van der Waals surface area contributed by atoms with Crippen molar-refractivity contribution in [3.8, 4) is 0 Å². The molecule has 0 N–H and O–H groups in total. The lowest BCUT2D eigenvalue weighted by molar-refractivity contribution is -0.146. The zero-order valence-electron chi connectivity index (χ0n) is 15.0. The van der Waals surface area contributed by atoms with Gasteiger partial charge in [-0.15, -0.1) is 0 Å². The molecule has 0 bridgehead atoms. The average Bonchev–Trinajstić information content (AvgIpc) is 2.57. The van der Waals surface area contributed by atoms with Crippen LogP contribution in [-0.4, -0.2) is 18.5 Å². The second kappa shape index (κ2) is 13.2. The second-order valence-electron chi connectivity index (χ2n) is 6.00. The van der Waals surface area contributed by atoms with Gasteiger partial charge in [0.1, 0.15) is 6.61 Å². The maximum absolute atomic E-state index is 11.8. The third-order valence-corrected chi connectivity index (χ3v) is 4.65. The maximum Gasteiger partial charge on any atom is 0.306 e. The molecular formula is C19H25Cl3O4. The van der Waals surface area contributed by atoms with E-state index in [-0.39, 0.29) is 25.4 Å². The monoisotopic (exact) mass is 422 g/mol. The number of esters is 2. The van der Waals surface area contributed by atoms with Gasteiger partial charge in [0.2, 0.25) is 0 Å². The van der Waals surface area contributed by atoms with Gasteiger partial charge in [0.15, 0.2) is 0 Å². The lowest BCUT2D eigenvalue weighted by Gasteiger charge is -2.09. The molecule has 0 spiro atoms. The summed E-state index contributed by atoms with van der Waals surface area (Å²) < 4.78 is 10.3. The normalized spacial score (nSPS) is 10.6. The Morgan fingerprint density at radius 3 is 2.04 bits per heavy atom. The van der Waals surface area contributed by atoms with Crippen LogP contribution in [0.3, 0.4) is 0 Å². The van der Waals surface area contributed by atoms with Gasteiger partial charge in [-0.1, -0.05) is 67.4 Å². The van der Waals surface area contributed by atoms with Crippen molar-refractivity contribution in [2.45, 2.75) is 64.9 Å². The van der Waals surface area contributed by atoms with Crippen molar-refractivity contribution in [1.82, 2.24) is 0 Å². The summed E-state index contributed by atoms with van der Waals surface area (Å²) >= 11 is 17.9. The summed E-state index contributed by atoms with van der Waals surface area (Å²) in [6, 6.07) is 3.08. The molecule has 0 aliphatic heterocycles. The summed E-state index contributed by atoms with van der Waals surface area (Å²) in [5.41, 5.74) is 0.508. The quantitative estimate of drug-likeness (QED) is 0.289. The summed E-state index contributed by atoms with van der Waals surface area (Å²) in [6.07, 6.45) is 6.24. The molecule has 0 radical (unpaired) electrons. The minimum atomic E-state index is -0.417. The van der Waals surface area contributed by atoms with Gasteiger partial charge in [-0.2, -0.15) is 0 Å². The van der Waals surface area contributed by atoms with Crippen LogP contribution in [0.5, 0.6) is 0 Å². The van der Waals surface area contributed by atoms with Crippen molar-refractivity contribution in [1.29, 1.82) is 0 Å². The molecule has 1 aromatic rings. The molecule has 146 valence electrons. The second-order valence-corrected chi connectivity index (χ2v) is 7.25. The van der Waals surface area contributed by atoms with Crippen LogP contribution in [0.4, 0.5) is 0 Å². The SMILES string of the molecule is CCCCCCCOC(=O)CCCC(=O)OCc1c(Cl)cc(Cl)cc1Cl. The standard InChI is InChI=1S/C19H25Cl3O4/c1-2-3-4-5-6-10-25-18(23)8-7-9-19(24)26-13-15-16(21)11-14(20)12-17(15)22/h11-12H,2-10,13H2,1H3. The molecule has 26 heavy (non-hydrogen) atoms. The molecule has 4 nitrogen and oxygen atoms in total. The van der Waals surface area contributed by atoms with Crippen molar-refractivity contribution in [2.75, 3.05) is 6.61 Å². The number of unbranched alkanes of at least 4 members (excludes halogenated alkanes) is 4. The van der Waals surface area contributed by atoms with Gasteiger partial charge in [-0.3, -0.25) is 9.59 Å². The molecule has 0 atom stereocenters. The van der Waals surface area contributed by atoms with E-state index in [0.717, 1.165) is 12.8 Å². The number of benzene rings is 1. The fraction of sp³-hybridized carbons (Fsp3) is 0.579. The molecule has 0 heterocycles. The van der Waals surface area contributed by atoms with Crippen molar-refractivity contribution in [3.63, 3.8) is 0 Å². The first kappa shape index (κ1) is 23.1. The van der Waals surface area contributed by atoms with Crippen LogP contribution in [0.1, 0.15) is 63.9 Å². The van der Waals surface area contributed by atoms with Crippen molar-refractivity contribution in [2.24, 2.45) is 0 Å². The molecule has 7 heteroatoms. The van der Waals surface area contributed by atoms with E-state index >= 15 is 0 Å². The van der Waals surface area contributed by atoms with E-state index in [0.29, 0.717) is 33.7 Å². The van der Waals surface area contributed by atoms with Crippen LogP contribution in [0.2, 0.25) is 15.1 Å². The largest absolute Gasteiger partial charge is 0.466 e. The average molecular weight is 424 g/mol. The summed E-state index contributed by atoms with van der Waals surface area (Å²) in [4.78, 5) is 23.4. The van der Waals surface area contributed by atoms with Gasteiger partial charge in [-0.05, 0) is 25.0 Å². The minimum Gasteiger partial charge on any atom is -0.466 e. The van der Waals surface area contributed by atoms with E-state index in [2.05, 4.69) is 6.92 Å². The Labute approximate surface area is 170 Å². The highest BCUT2D eigenvalue weighted by molar-refractivity contribution is 6.39. The number of hydrogen-bond acceptors (Lipinski definition) is 4. The molecule has 0 amide bonds. The first-order valence-electron chi connectivity index (χ1n) is 8.88. The molecule has 0 saturated heterocycles. The third-order valence-electron chi connectivity index (χ3n) is 3.76. The van der Waals surface area contributed by atoms with Crippen LogP contribution in [-0.2, 0) is 25.7 Å². The summed E-state index contributed by atoms with van der Waals surface area (Å²) in [6.45, 7) is 2.57. The molecular weight excluding hydrogens is 399 g/mol. The fourth-order valence-electron chi connectivity index (χ4n) is 2.28. The highest BCUT2D eigenvalue weighted by Crippen LogP contribution is 2.29. The van der Waals surface area contributed by atoms with Gasteiger partial charge in [0, 0.05) is 23.4 Å². The van der Waals surface area contributed by atoms with Crippen LogP contribution < -0.4 is 0 Å². The Kier molecular flexibility index (Phi) is 11.7. The molecule has 0 saturated carbocycles. The molecule has 0 aromatic heterocycles. The number of ether oxygens (including phenoxy) is 2. The number of carbonyl (C=O) groups excluding carboxylic acids is 2. The Morgan fingerprint density at radius 1 is 0.846 bits per heavy atom. The maximum atomic E-state index is 11.8. The highest BCUT2D eigenvalue weighted by atomic mass is 35.5. The molecule has 0 aliphatic rings. The van der Waals surface area contributed by atoms with Crippen molar-refractivity contribution in [3.05, 3.63) is 32.8 Å². The minimum absolute atomic E-state index is 0.0319. The molecule has 0 unspecified atom stereocenters. The predicted molar refractivity (Wildman–Crippen MR) is 105 cm³/mol. The number of carbonyl (C=O) groups is 2. The van der Waals surface area contributed by atoms with Crippen molar-refractivity contribution < 1.29 is 19.1 Å². The molecule has 1 rings (SSSR count). The summed E-state index contributed by atoms with van der Waals surface area (Å²) in [5.74, 6) is -0.698. The van der Waals surface area contributed by atoms with E-state index in [1.165, 1.54) is 31.4 Å². The Hall–Kier alpha value is -0.970. The number of rotatable bonds is 12. The van der Waals surface area contributed by atoms with Crippen LogP contribution in [0.25, 0.3) is 0 Å². The molecule has 0 aliphatic carbocycles. The Balaban J connectivity index is 2.16. The number of hydrogen-bond donors (Lipinski definition) is 0. The zero-order chi connectivity index (χ0) is 19.4.